The van der Waals surface area contributed by atoms with Gasteiger partial charge in [-0.3, -0.25) is 0 Å². The van der Waals surface area contributed by atoms with E-state index in [1.54, 1.807) is 12.4 Å². The Labute approximate surface area is 87.3 Å². The third-order valence-electron chi connectivity index (χ3n) is 2.45. The van der Waals surface area contributed by atoms with Crippen molar-refractivity contribution in [2.75, 3.05) is 0 Å². The summed E-state index contributed by atoms with van der Waals surface area (Å²) in [7, 11) is 0. The molecule has 0 atom stereocenters. The molecule has 0 spiro atoms. The molecule has 0 unspecified atom stereocenters. The van der Waals surface area contributed by atoms with Gasteiger partial charge < -0.3 is 0 Å². The van der Waals surface area contributed by atoms with Crippen LogP contribution in [-0.2, 0) is 6.42 Å². The predicted molar refractivity (Wildman–Crippen MR) is 57.8 cm³/mol. The third-order valence-corrected chi connectivity index (χ3v) is 2.45. The maximum absolute atomic E-state index is 4.32. The number of fused-ring (bicyclic) bond motifs is 1. The molecular weight excluding hydrogens is 188 g/mol. The van der Waals surface area contributed by atoms with Crippen molar-refractivity contribution >= 4 is 12.0 Å². The molecule has 74 valence electrons. The van der Waals surface area contributed by atoms with Crippen molar-refractivity contribution in [1.82, 2.24) is 14.8 Å². The average molecular weight is 198 g/mol. The molecule has 2 aromatic heterocycles. The number of aryl methyl sites for hydroxylation is 1. The number of aromatic nitrogens is 3. The lowest BCUT2D eigenvalue weighted by Crippen LogP contribution is -2.00. The molecule has 1 aliphatic heterocycles. The fourth-order valence-electron chi connectivity index (χ4n) is 1.71. The zero-order valence-corrected chi connectivity index (χ0v) is 8.17. The maximum atomic E-state index is 4.32. The van der Waals surface area contributed by atoms with Gasteiger partial charge in [0, 0.05) is 18.6 Å². The highest BCUT2D eigenvalue weighted by atomic mass is 15.3. The number of nitrogens with zero attached hydrogens (tertiary/aromatic N) is 4. The average Bonchev–Trinajstić information content (AvgIpc) is 2.82. The first kappa shape index (κ1) is 8.35. The van der Waals surface area contributed by atoms with Crippen LogP contribution in [-0.4, -0.2) is 21.0 Å². The number of pyridine rings is 1. The Hall–Kier alpha value is -1.97. The number of hydrogen-bond donors (Lipinski definition) is 0. The molecule has 4 heteroatoms. The van der Waals surface area contributed by atoms with Gasteiger partial charge in [-0.2, -0.15) is 5.10 Å². The van der Waals surface area contributed by atoms with Gasteiger partial charge in [-0.05, 0) is 30.5 Å². The Kier molecular flexibility index (Phi) is 1.84. The molecule has 0 aromatic carbocycles. The smallest absolute Gasteiger partial charge is 0.154 e. The normalized spacial score (nSPS) is 13.9. The summed E-state index contributed by atoms with van der Waals surface area (Å²) >= 11 is 0. The van der Waals surface area contributed by atoms with Crippen LogP contribution < -0.4 is 0 Å². The van der Waals surface area contributed by atoms with Gasteiger partial charge in [-0.25, -0.2) is 14.7 Å². The molecule has 2 aromatic rings. The largest absolute Gasteiger partial charge is 0.241 e. The van der Waals surface area contributed by atoms with Crippen molar-refractivity contribution in [2.24, 2.45) is 4.99 Å². The van der Waals surface area contributed by atoms with Crippen molar-refractivity contribution in [3.8, 4) is 5.69 Å². The van der Waals surface area contributed by atoms with Gasteiger partial charge in [-0.1, -0.05) is 0 Å². The minimum Gasteiger partial charge on any atom is -0.241 e. The molecule has 0 bridgehead atoms. The monoisotopic (exact) mass is 198 g/mol. The first-order chi connectivity index (χ1) is 7.43. The van der Waals surface area contributed by atoms with Crippen molar-refractivity contribution in [2.45, 2.75) is 12.8 Å². The Morgan fingerprint density at radius 3 is 3.20 bits per heavy atom. The van der Waals surface area contributed by atoms with E-state index in [9.17, 15) is 0 Å². The summed E-state index contributed by atoms with van der Waals surface area (Å²) in [6, 6.07) is 4.00. The first-order valence-corrected chi connectivity index (χ1v) is 4.95. The van der Waals surface area contributed by atoms with E-state index in [4.69, 9.17) is 0 Å². The van der Waals surface area contributed by atoms with E-state index in [0.29, 0.717) is 0 Å². The summed E-state index contributed by atoms with van der Waals surface area (Å²) in [5, 5.41) is 4.17. The van der Waals surface area contributed by atoms with Crippen LogP contribution in [0.4, 0.5) is 5.82 Å². The van der Waals surface area contributed by atoms with Crippen LogP contribution >= 0.6 is 0 Å². The lowest BCUT2D eigenvalue weighted by Gasteiger charge is -2.10. The van der Waals surface area contributed by atoms with E-state index in [1.807, 2.05) is 23.2 Å². The summed E-state index contributed by atoms with van der Waals surface area (Å²) in [5.41, 5.74) is 2.20. The second-order valence-corrected chi connectivity index (χ2v) is 3.48. The van der Waals surface area contributed by atoms with Crippen LogP contribution in [0.15, 0.2) is 35.7 Å². The predicted octanol–water partition coefficient (Wildman–Crippen LogP) is 1.92. The zero-order chi connectivity index (χ0) is 10.1. The molecule has 0 saturated heterocycles. The van der Waals surface area contributed by atoms with Gasteiger partial charge in [0.05, 0.1) is 11.9 Å². The Morgan fingerprint density at radius 2 is 2.33 bits per heavy atom. The van der Waals surface area contributed by atoms with E-state index < -0.39 is 0 Å². The van der Waals surface area contributed by atoms with Gasteiger partial charge in [0.25, 0.3) is 0 Å². The highest BCUT2D eigenvalue weighted by Gasteiger charge is 2.08. The van der Waals surface area contributed by atoms with E-state index in [-0.39, 0.29) is 0 Å². The summed E-state index contributed by atoms with van der Waals surface area (Å²) in [6.45, 7) is 0. The van der Waals surface area contributed by atoms with Crippen LogP contribution in [0.1, 0.15) is 12.0 Å². The molecule has 0 N–H and O–H groups in total. The van der Waals surface area contributed by atoms with Crippen molar-refractivity contribution in [3.05, 3.63) is 36.3 Å². The number of aliphatic imine (C=N–C) groups is 1. The Morgan fingerprint density at radius 1 is 1.33 bits per heavy atom. The molecule has 0 aliphatic carbocycles. The molecule has 0 saturated carbocycles. The van der Waals surface area contributed by atoms with E-state index >= 15 is 0 Å². The minimum absolute atomic E-state index is 0.845. The number of hydrogen-bond acceptors (Lipinski definition) is 3. The molecule has 15 heavy (non-hydrogen) atoms. The molecule has 4 nitrogen and oxygen atoms in total. The molecule has 0 radical (unpaired) electrons. The number of rotatable bonds is 1. The lowest BCUT2D eigenvalue weighted by molar-refractivity contribution is 0.865. The fourth-order valence-corrected chi connectivity index (χ4v) is 1.71. The van der Waals surface area contributed by atoms with Crippen LogP contribution in [0.2, 0.25) is 0 Å². The molecule has 3 heterocycles. The van der Waals surface area contributed by atoms with Gasteiger partial charge in [0.15, 0.2) is 5.82 Å². The van der Waals surface area contributed by atoms with Crippen molar-refractivity contribution in [3.63, 3.8) is 0 Å². The van der Waals surface area contributed by atoms with Gasteiger partial charge in [0.1, 0.15) is 0 Å². The van der Waals surface area contributed by atoms with Crippen LogP contribution in [0.5, 0.6) is 0 Å². The summed E-state index contributed by atoms with van der Waals surface area (Å²) in [4.78, 5) is 8.57. The second-order valence-electron chi connectivity index (χ2n) is 3.48. The minimum atomic E-state index is 0.845. The van der Waals surface area contributed by atoms with Crippen LogP contribution in [0.3, 0.4) is 0 Å². The highest BCUT2D eigenvalue weighted by molar-refractivity contribution is 5.67. The highest BCUT2D eigenvalue weighted by Crippen LogP contribution is 2.22. The quantitative estimate of drug-likeness (QED) is 0.702. The summed E-state index contributed by atoms with van der Waals surface area (Å²) in [6.07, 6.45) is 9.41. The summed E-state index contributed by atoms with van der Waals surface area (Å²) < 4.78 is 1.81. The van der Waals surface area contributed by atoms with Gasteiger partial charge in [0.2, 0.25) is 0 Å². The first-order valence-electron chi connectivity index (χ1n) is 4.95. The van der Waals surface area contributed by atoms with Gasteiger partial charge >= 0.3 is 0 Å². The zero-order valence-electron chi connectivity index (χ0n) is 8.17. The Bertz CT molecular complexity index is 499. The lowest BCUT2D eigenvalue weighted by atomic mass is 10.1. The molecule has 3 rings (SSSR count). The fraction of sp³-hybridized carbons (Fsp3) is 0.182. The molecule has 0 amide bonds. The molecule has 1 aliphatic rings. The van der Waals surface area contributed by atoms with E-state index in [1.165, 1.54) is 5.56 Å². The standard InChI is InChI=1S/C11H10N4/c1-3-9-7-10(15-6-2-5-14-15)8-13-11(9)12-4-1/h2,4-8H,1,3H2. The summed E-state index contributed by atoms with van der Waals surface area (Å²) in [5.74, 6) is 0.845. The molecule has 0 fully saturated rings. The second kappa shape index (κ2) is 3.31. The van der Waals surface area contributed by atoms with Crippen molar-refractivity contribution < 1.29 is 0 Å². The van der Waals surface area contributed by atoms with E-state index in [0.717, 1.165) is 24.3 Å². The van der Waals surface area contributed by atoms with E-state index in [2.05, 4.69) is 21.1 Å². The topological polar surface area (TPSA) is 43.1 Å². The van der Waals surface area contributed by atoms with Crippen molar-refractivity contribution in [1.29, 1.82) is 0 Å². The van der Waals surface area contributed by atoms with Crippen LogP contribution in [0, 0.1) is 0 Å². The van der Waals surface area contributed by atoms with Crippen LogP contribution in [0.25, 0.3) is 5.69 Å². The Balaban J connectivity index is 2.09. The SMILES string of the molecule is C1=Nc2ncc(-n3cccn3)cc2CC1. The third kappa shape index (κ3) is 1.44. The molecular formula is C11H10N4. The van der Waals surface area contributed by atoms with Gasteiger partial charge in [-0.15, -0.1) is 0 Å². The maximum Gasteiger partial charge on any atom is 0.154 e.